The van der Waals surface area contributed by atoms with Crippen LogP contribution in [-0.2, 0) is 11.2 Å². The minimum atomic E-state index is 0.0908. The summed E-state index contributed by atoms with van der Waals surface area (Å²) >= 11 is 0. The van der Waals surface area contributed by atoms with Crippen molar-refractivity contribution in [3.8, 4) is 0 Å². The van der Waals surface area contributed by atoms with E-state index in [-0.39, 0.29) is 5.91 Å². The molecule has 1 aromatic rings. The highest BCUT2D eigenvalue weighted by molar-refractivity contribution is 5.75. The molecule has 0 bridgehead atoms. The van der Waals surface area contributed by atoms with Crippen molar-refractivity contribution in [3.63, 3.8) is 0 Å². The second-order valence-corrected chi connectivity index (χ2v) is 5.82. The zero-order valence-corrected chi connectivity index (χ0v) is 12.4. The van der Waals surface area contributed by atoms with Crippen molar-refractivity contribution in [2.75, 3.05) is 5.73 Å². The summed E-state index contributed by atoms with van der Waals surface area (Å²) in [6, 6.07) is 8.58. The molecule has 0 saturated carbocycles. The molecule has 3 N–H and O–H groups in total. The number of hydrogen-bond donors (Lipinski definition) is 2. The van der Waals surface area contributed by atoms with Crippen molar-refractivity contribution < 1.29 is 4.79 Å². The van der Waals surface area contributed by atoms with Crippen LogP contribution in [0.5, 0.6) is 0 Å². The van der Waals surface area contributed by atoms with Gasteiger partial charge >= 0.3 is 0 Å². The maximum absolute atomic E-state index is 12.1. The molecule has 2 rings (SSSR count). The van der Waals surface area contributed by atoms with E-state index in [0.717, 1.165) is 30.5 Å². The highest BCUT2D eigenvalue weighted by Crippen LogP contribution is 2.20. The molecule has 0 aromatic heterocycles. The number of carbonyl (C=O) groups is 1. The molecule has 1 heterocycles. The molecular weight excluding hydrogens is 250 g/mol. The molecule has 0 aliphatic carbocycles. The van der Waals surface area contributed by atoms with Gasteiger partial charge in [-0.2, -0.15) is 0 Å². The number of anilines is 1. The lowest BCUT2D eigenvalue weighted by Crippen LogP contribution is -2.54. The fourth-order valence-corrected chi connectivity index (χ4v) is 2.85. The molecule has 4 nitrogen and oxygen atoms in total. The van der Waals surface area contributed by atoms with Crippen molar-refractivity contribution in [1.29, 1.82) is 0 Å². The third-order valence-corrected chi connectivity index (χ3v) is 4.04. The number of piperidine rings is 1. The fraction of sp³-hybridized carbons (Fsp3) is 0.562. The first-order valence-electron chi connectivity index (χ1n) is 7.48. The predicted octanol–water partition coefficient (Wildman–Crippen LogP) is 2.50. The summed E-state index contributed by atoms with van der Waals surface area (Å²) in [6.45, 7) is 4.35. The van der Waals surface area contributed by atoms with Gasteiger partial charge in [0.05, 0.1) is 0 Å². The summed E-state index contributed by atoms with van der Waals surface area (Å²) in [7, 11) is 0. The number of nitrogens with zero attached hydrogens (tertiary/aromatic N) is 1. The average Bonchev–Trinajstić information content (AvgIpc) is 2.41. The number of nitrogens with one attached hydrogen (secondary N) is 1. The van der Waals surface area contributed by atoms with E-state index >= 15 is 0 Å². The van der Waals surface area contributed by atoms with Gasteiger partial charge in [0.1, 0.15) is 0 Å². The summed E-state index contributed by atoms with van der Waals surface area (Å²) in [5, 5.41) is 2.12. The van der Waals surface area contributed by atoms with Crippen LogP contribution >= 0.6 is 0 Å². The van der Waals surface area contributed by atoms with E-state index in [9.17, 15) is 4.79 Å². The summed E-state index contributed by atoms with van der Waals surface area (Å²) in [5.41, 5.74) is 10.7. The molecule has 2 unspecified atom stereocenters. The highest BCUT2D eigenvalue weighted by Gasteiger charge is 2.25. The van der Waals surface area contributed by atoms with E-state index in [1.807, 2.05) is 24.3 Å². The third kappa shape index (κ3) is 3.97. The normalized spacial score (nSPS) is 23.5. The van der Waals surface area contributed by atoms with E-state index in [1.54, 1.807) is 0 Å². The van der Waals surface area contributed by atoms with Crippen molar-refractivity contribution in [2.45, 2.75) is 58.0 Å². The van der Waals surface area contributed by atoms with Gasteiger partial charge in [0.15, 0.2) is 0 Å². The molecule has 1 saturated heterocycles. The topological polar surface area (TPSA) is 58.4 Å². The second-order valence-electron chi connectivity index (χ2n) is 5.82. The minimum absolute atomic E-state index is 0.0908. The standard InChI is InChI=1S/C16H25N3O/c1-12-5-3-6-13(2)19(12)18-16(20)10-9-14-7-4-8-15(17)11-14/h4,7-8,11-13H,3,5-6,9-10,17H2,1-2H3,(H,18,20). The Kier molecular flexibility index (Phi) is 5.01. The number of nitrogen functional groups attached to an aromatic ring is 1. The second kappa shape index (κ2) is 6.75. The van der Waals surface area contributed by atoms with Crippen LogP contribution in [0.2, 0.25) is 0 Å². The van der Waals surface area contributed by atoms with Crippen LogP contribution in [0.1, 0.15) is 45.1 Å². The number of hydrogen-bond acceptors (Lipinski definition) is 3. The number of hydrazine groups is 1. The Bertz CT molecular complexity index is 451. The molecule has 110 valence electrons. The first kappa shape index (κ1) is 14.9. The molecule has 0 spiro atoms. The molecule has 1 aromatic carbocycles. The number of rotatable bonds is 4. The van der Waals surface area contributed by atoms with Crippen molar-refractivity contribution in [2.24, 2.45) is 0 Å². The molecule has 1 fully saturated rings. The summed E-state index contributed by atoms with van der Waals surface area (Å²) in [4.78, 5) is 12.1. The van der Waals surface area contributed by atoms with Gasteiger partial charge in [-0.3, -0.25) is 10.2 Å². The van der Waals surface area contributed by atoms with Crippen molar-refractivity contribution in [1.82, 2.24) is 10.4 Å². The molecule has 1 aliphatic rings. The summed E-state index contributed by atoms with van der Waals surface area (Å²) in [6.07, 6.45) is 4.78. The Morgan fingerprint density at radius 2 is 2.05 bits per heavy atom. The van der Waals surface area contributed by atoms with Crippen molar-refractivity contribution >= 4 is 11.6 Å². The van der Waals surface area contributed by atoms with Gasteiger partial charge in [0.2, 0.25) is 5.91 Å². The SMILES string of the molecule is CC1CCCC(C)N1NC(=O)CCc1cccc(N)c1. The number of amides is 1. The van der Waals surface area contributed by atoms with Crippen LogP contribution in [0.4, 0.5) is 5.69 Å². The molecule has 1 amide bonds. The number of nitrogens with two attached hydrogens (primary N) is 1. The highest BCUT2D eigenvalue weighted by atomic mass is 16.2. The van der Waals surface area contributed by atoms with E-state index < -0.39 is 0 Å². The molecule has 2 atom stereocenters. The van der Waals surface area contributed by atoms with Crippen LogP contribution in [0, 0.1) is 0 Å². The van der Waals surface area contributed by atoms with Crippen LogP contribution in [0.15, 0.2) is 24.3 Å². The Labute approximate surface area is 121 Å². The quantitative estimate of drug-likeness (QED) is 0.830. The number of aryl methyl sites for hydroxylation is 1. The summed E-state index contributed by atoms with van der Waals surface area (Å²) in [5.74, 6) is 0.0908. The monoisotopic (exact) mass is 275 g/mol. The third-order valence-electron chi connectivity index (χ3n) is 4.04. The summed E-state index contributed by atoms with van der Waals surface area (Å²) < 4.78 is 0. The maximum Gasteiger partial charge on any atom is 0.234 e. The number of carbonyl (C=O) groups excluding carboxylic acids is 1. The lowest BCUT2D eigenvalue weighted by atomic mass is 10.00. The van der Waals surface area contributed by atoms with Gasteiger partial charge in [0.25, 0.3) is 0 Å². The first-order valence-corrected chi connectivity index (χ1v) is 7.48. The molecule has 20 heavy (non-hydrogen) atoms. The fourth-order valence-electron chi connectivity index (χ4n) is 2.85. The van der Waals surface area contributed by atoms with Crippen LogP contribution in [0.25, 0.3) is 0 Å². The Morgan fingerprint density at radius 1 is 1.35 bits per heavy atom. The lowest BCUT2D eigenvalue weighted by Gasteiger charge is -2.38. The zero-order chi connectivity index (χ0) is 14.5. The van der Waals surface area contributed by atoms with Gasteiger partial charge < -0.3 is 5.73 Å². The van der Waals surface area contributed by atoms with E-state index in [4.69, 9.17) is 5.73 Å². The zero-order valence-electron chi connectivity index (χ0n) is 12.4. The van der Waals surface area contributed by atoms with Crippen LogP contribution < -0.4 is 11.2 Å². The maximum atomic E-state index is 12.1. The Morgan fingerprint density at radius 3 is 2.70 bits per heavy atom. The minimum Gasteiger partial charge on any atom is -0.399 e. The average molecular weight is 275 g/mol. The van der Waals surface area contributed by atoms with Crippen LogP contribution in [0.3, 0.4) is 0 Å². The van der Waals surface area contributed by atoms with Crippen molar-refractivity contribution in [3.05, 3.63) is 29.8 Å². The lowest BCUT2D eigenvalue weighted by molar-refractivity contribution is -0.129. The largest absolute Gasteiger partial charge is 0.399 e. The van der Waals surface area contributed by atoms with Gasteiger partial charge in [-0.15, -0.1) is 0 Å². The molecule has 0 radical (unpaired) electrons. The molecular formula is C16H25N3O. The van der Waals surface area contributed by atoms with E-state index in [2.05, 4.69) is 24.3 Å². The van der Waals surface area contributed by atoms with E-state index in [0.29, 0.717) is 18.5 Å². The molecule has 1 aliphatic heterocycles. The van der Waals surface area contributed by atoms with Gasteiger partial charge in [0, 0.05) is 24.2 Å². The molecule has 4 heteroatoms. The Balaban J connectivity index is 1.83. The van der Waals surface area contributed by atoms with Crippen LogP contribution in [-0.4, -0.2) is 23.0 Å². The number of benzene rings is 1. The van der Waals surface area contributed by atoms with Gasteiger partial charge in [-0.25, -0.2) is 5.01 Å². The first-order chi connectivity index (χ1) is 9.56. The smallest absolute Gasteiger partial charge is 0.234 e. The predicted molar refractivity (Wildman–Crippen MR) is 81.9 cm³/mol. The Hall–Kier alpha value is -1.55. The van der Waals surface area contributed by atoms with E-state index in [1.165, 1.54) is 6.42 Å². The van der Waals surface area contributed by atoms with Gasteiger partial charge in [-0.05, 0) is 50.8 Å². The van der Waals surface area contributed by atoms with Gasteiger partial charge in [-0.1, -0.05) is 18.6 Å².